The number of carboxylic acids is 1. The van der Waals surface area contributed by atoms with Gasteiger partial charge in [0.25, 0.3) is 0 Å². The van der Waals surface area contributed by atoms with E-state index in [2.05, 4.69) is 18.8 Å². The Morgan fingerprint density at radius 3 is 1.79 bits per heavy atom. The van der Waals surface area contributed by atoms with Crippen molar-refractivity contribution >= 4 is 11.9 Å². The third-order valence-electron chi connectivity index (χ3n) is 6.35. The van der Waals surface area contributed by atoms with Crippen molar-refractivity contribution in [3.8, 4) is 0 Å². The van der Waals surface area contributed by atoms with Gasteiger partial charge < -0.3 is 9.94 Å². The summed E-state index contributed by atoms with van der Waals surface area (Å²) in [4.78, 5) is 34.4. The molecule has 0 aliphatic carbocycles. The summed E-state index contributed by atoms with van der Waals surface area (Å²) in [6.07, 6.45) is 19.0. The number of unbranched alkanes of at least 4 members (excludes halogenated alkanes) is 10. The maximum absolute atomic E-state index is 12.9. The van der Waals surface area contributed by atoms with Crippen LogP contribution < -0.4 is 4.84 Å². The highest BCUT2D eigenvalue weighted by Crippen LogP contribution is 2.23. The molecule has 0 saturated carbocycles. The number of nitrogens with zero attached hydrogens (tertiary/aromatic N) is 2. The lowest BCUT2D eigenvalue weighted by Crippen LogP contribution is -2.23. The summed E-state index contributed by atoms with van der Waals surface area (Å²) in [5, 5.41) is 9.85. The molecule has 6 nitrogen and oxygen atoms in total. The number of rotatable bonds is 17. The van der Waals surface area contributed by atoms with Crippen LogP contribution in [0.2, 0.25) is 0 Å². The van der Waals surface area contributed by atoms with E-state index in [9.17, 15) is 14.7 Å². The fourth-order valence-electron chi connectivity index (χ4n) is 4.29. The minimum Gasteiger partial charge on any atom is -0.478 e. The molecule has 6 heteroatoms. The second kappa shape index (κ2) is 15.3. The lowest BCUT2D eigenvalue weighted by atomic mass is 9.91. The number of carboxylic acid groups (broad SMARTS) is 1. The van der Waals surface area contributed by atoms with Crippen LogP contribution in [-0.2, 0) is 12.8 Å². The van der Waals surface area contributed by atoms with E-state index in [1.54, 1.807) is 19.1 Å². The minimum absolute atomic E-state index is 0.00967. The molecule has 0 unspecified atom stereocenters. The summed E-state index contributed by atoms with van der Waals surface area (Å²) in [7, 11) is 0. The molecule has 2 rings (SSSR count). The monoisotopic (exact) mass is 470 g/mol. The number of carbonyl (C=O) groups excluding carboxylic acids is 1. The Kier molecular flexibility index (Phi) is 12.4. The summed E-state index contributed by atoms with van der Waals surface area (Å²) in [6, 6.07) is 3.47. The molecule has 0 aliphatic heterocycles. The van der Waals surface area contributed by atoms with Crippen molar-refractivity contribution in [2.45, 2.75) is 111 Å². The van der Waals surface area contributed by atoms with E-state index in [1.165, 1.54) is 68.5 Å². The SMILES string of the molecule is CCCCCCCCc1cc(C(=O)O)c(C(=O)On2ccnc2C)cc1CCCCCCCC. The zero-order chi connectivity index (χ0) is 24.8. The highest BCUT2D eigenvalue weighted by molar-refractivity contribution is 6.03. The molecule has 1 heterocycles. The van der Waals surface area contributed by atoms with Gasteiger partial charge in [-0.15, -0.1) is 0 Å². The van der Waals surface area contributed by atoms with Crippen LogP contribution in [0.4, 0.5) is 0 Å². The Morgan fingerprint density at radius 1 is 0.824 bits per heavy atom. The number of hydrogen-bond donors (Lipinski definition) is 1. The van der Waals surface area contributed by atoms with Crippen molar-refractivity contribution in [3.63, 3.8) is 0 Å². The number of benzene rings is 1. The maximum atomic E-state index is 12.9. The Labute approximate surface area is 204 Å². The van der Waals surface area contributed by atoms with Crippen LogP contribution in [0.25, 0.3) is 0 Å². The van der Waals surface area contributed by atoms with Crippen molar-refractivity contribution in [2.24, 2.45) is 0 Å². The van der Waals surface area contributed by atoms with Gasteiger partial charge in [0.05, 0.1) is 17.3 Å². The van der Waals surface area contributed by atoms with Gasteiger partial charge in [0, 0.05) is 6.20 Å². The lowest BCUT2D eigenvalue weighted by Gasteiger charge is -2.15. The average molecular weight is 471 g/mol. The second-order valence-corrected chi connectivity index (χ2v) is 9.19. The van der Waals surface area contributed by atoms with Crippen molar-refractivity contribution in [1.29, 1.82) is 0 Å². The molecule has 0 fully saturated rings. The number of aromatic nitrogens is 2. The normalized spacial score (nSPS) is 11.0. The molecule has 34 heavy (non-hydrogen) atoms. The molecular weight excluding hydrogens is 428 g/mol. The zero-order valence-electron chi connectivity index (χ0n) is 21.3. The molecule has 0 amide bonds. The van der Waals surface area contributed by atoms with Gasteiger partial charge in [-0.25, -0.2) is 14.6 Å². The van der Waals surface area contributed by atoms with Crippen LogP contribution >= 0.6 is 0 Å². The molecule has 0 saturated heterocycles. The summed E-state index contributed by atoms with van der Waals surface area (Å²) in [5.41, 5.74) is 2.24. The van der Waals surface area contributed by atoms with E-state index in [0.717, 1.165) is 49.7 Å². The number of carbonyl (C=O) groups is 2. The maximum Gasteiger partial charge on any atom is 0.364 e. The van der Waals surface area contributed by atoms with E-state index in [-0.39, 0.29) is 11.1 Å². The van der Waals surface area contributed by atoms with Gasteiger partial charge in [-0.2, -0.15) is 4.73 Å². The van der Waals surface area contributed by atoms with Gasteiger partial charge in [-0.05, 0) is 55.9 Å². The molecule has 1 aromatic heterocycles. The predicted octanol–water partition coefficient (Wildman–Crippen LogP) is 6.96. The fraction of sp³-hybridized carbons (Fsp3) is 0.607. The largest absolute Gasteiger partial charge is 0.478 e. The van der Waals surface area contributed by atoms with Gasteiger partial charge in [-0.3, -0.25) is 0 Å². The van der Waals surface area contributed by atoms with Crippen molar-refractivity contribution in [1.82, 2.24) is 9.71 Å². The summed E-state index contributed by atoms with van der Waals surface area (Å²) < 4.78 is 1.27. The quantitative estimate of drug-likeness (QED) is 0.253. The van der Waals surface area contributed by atoms with Gasteiger partial charge >= 0.3 is 11.9 Å². The van der Waals surface area contributed by atoms with E-state index in [4.69, 9.17) is 4.84 Å². The molecule has 0 aliphatic rings. The van der Waals surface area contributed by atoms with Gasteiger partial charge in [-0.1, -0.05) is 78.1 Å². The van der Waals surface area contributed by atoms with E-state index >= 15 is 0 Å². The second-order valence-electron chi connectivity index (χ2n) is 9.19. The van der Waals surface area contributed by atoms with E-state index in [1.807, 2.05) is 0 Å². The zero-order valence-corrected chi connectivity index (χ0v) is 21.3. The van der Waals surface area contributed by atoms with Crippen molar-refractivity contribution < 1.29 is 19.5 Å². The van der Waals surface area contributed by atoms with Crippen molar-refractivity contribution in [2.75, 3.05) is 0 Å². The topological polar surface area (TPSA) is 81.4 Å². The summed E-state index contributed by atoms with van der Waals surface area (Å²) in [5.74, 6) is -1.25. The Balaban J connectivity index is 2.19. The standard InChI is InChI=1S/C28H42N2O4/c1-4-6-8-10-12-14-16-23-20-25(27(31)32)26(28(33)34-30-19-18-29-22(30)3)21-24(23)17-15-13-11-9-7-5-2/h18-21H,4-17H2,1-3H3,(H,31,32). The molecular formula is C28H42N2O4. The highest BCUT2D eigenvalue weighted by atomic mass is 16.7. The molecule has 0 bridgehead atoms. The number of aryl methyl sites for hydroxylation is 3. The minimum atomic E-state index is -1.11. The molecule has 188 valence electrons. The van der Waals surface area contributed by atoms with Crippen LogP contribution in [-0.4, -0.2) is 26.8 Å². The van der Waals surface area contributed by atoms with Crippen LogP contribution in [0.3, 0.4) is 0 Å². The smallest absolute Gasteiger partial charge is 0.364 e. The van der Waals surface area contributed by atoms with Crippen molar-refractivity contribution in [3.05, 3.63) is 52.6 Å². The molecule has 0 spiro atoms. The predicted molar refractivity (Wildman–Crippen MR) is 135 cm³/mol. The fourth-order valence-corrected chi connectivity index (χ4v) is 4.29. The molecule has 0 atom stereocenters. The first-order chi connectivity index (χ1) is 16.5. The van der Waals surface area contributed by atoms with Gasteiger partial charge in [0.15, 0.2) is 0 Å². The molecule has 1 N–H and O–H groups in total. The number of hydrogen-bond acceptors (Lipinski definition) is 4. The number of aromatic carboxylic acids is 1. The van der Waals surface area contributed by atoms with Gasteiger partial charge in [0.2, 0.25) is 0 Å². The Morgan fingerprint density at radius 2 is 1.32 bits per heavy atom. The number of imidazole rings is 1. The highest BCUT2D eigenvalue weighted by Gasteiger charge is 2.22. The van der Waals surface area contributed by atoms with Crippen LogP contribution in [0.5, 0.6) is 0 Å². The molecule has 1 aromatic carbocycles. The average Bonchev–Trinajstić information content (AvgIpc) is 3.22. The first-order valence-corrected chi connectivity index (χ1v) is 13.1. The summed E-state index contributed by atoms with van der Waals surface area (Å²) in [6.45, 7) is 6.14. The van der Waals surface area contributed by atoms with E-state index in [0.29, 0.717) is 5.82 Å². The first-order valence-electron chi connectivity index (χ1n) is 13.1. The third kappa shape index (κ3) is 8.96. The molecule has 0 radical (unpaired) electrons. The third-order valence-corrected chi connectivity index (χ3v) is 6.35. The van der Waals surface area contributed by atoms with Gasteiger partial charge in [0.1, 0.15) is 5.82 Å². The van der Waals surface area contributed by atoms with E-state index < -0.39 is 11.9 Å². The van der Waals surface area contributed by atoms with Crippen LogP contribution in [0.1, 0.15) is 129 Å². The van der Waals surface area contributed by atoms with Crippen LogP contribution in [0.15, 0.2) is 24.5 Å². The molecule has 2 aromatic rings. The van der Waals surface area contributed by atoms with Crippen LogP contribution in [0, 0.1) is 6.92 Å². The lowest BCUT2D eigenvalue weighted by molar-refractivity contribution is 0.0441. The Hall–Kier alpha value is -2.63. The summed E-state index contributed by atoms with van der Waals surface area (Å²) >= 11 is 0. The Bertz CT molecular complexity index is 904. The first kappa shape index (κ1) is 27.6.